The number of anilines is 1. The van der Waals surface area contributed by atoms with Crippen LogP contribution in [0.5, 0.6) is 0 Å². The Bertz CT molecular complexity index is 833. The molecule has 0 bridgehead atoms. The summed E-state index contributed by atoms with van der Waals surface area (Å²) in [5.41, 5.74) is 3.77. The van der Waals surface area contributed by atoms with Gasteiger partial charge in [0.25, 0.3) is 5.91 Å². The number of rotatable bonds is 6. The monoisotopic (exact) mass is 355 g/mol. The van der Waals surface area contributed by atoms with Crippen molar-refractivity contribution in [3.63, 3.8) is 0 Å². The first-order valence-electron chi connectivity index (χ1n) is 8.58. The van der Waals surface area contributed by atoms with Crippen molar-refractivity contribution in [3.8, 4) is 0 Å². The van der Waals surface area contributed by atoms with E-state index in [1.54, 1.807) is 26.0 Å². The second kappa shape index (κ2) is 7.99. The Morgan fingerprint density at radius 3 is 2.19 bits per heavy atom. The fraction of sp³-hybridized carbons (Fsp3) is 0.350. The van der Waals surface area contributed by atoms with Gasteiger partial charge in [-0.1, -0.05) is 12.1 Å². The molecule has 0 aliphatic rings. The lowest BCUT2D eigenvalue weighted by Crippen LogP contribution is -2.31. The van der Waals surface area contributed by atoms with Gasteiger partial charge in [0.15, 0.2) is 5.78 Å². The van der Waals surface area contributed by atoms with Crippen LogP contribution in [0.25, 0.3) is 0 Å². The van der Waals surface area contributed by atoms with E-state index < -0.39 is 0 Å². The first kappa shape index (κ1) is 19.4. The summed E-state index contributed by atoms with van der Waals surface area (Å²) in [7, 11) is 0. The Labute approximate surface area is 153 Å². The molecule has 1 heterocycles. The highest BCUT2D eigenvalue weighted by Crippen LogP contribution is 2.20. The van der Waals surface area contributed by atoms with Crippen molar-refractivity contribution in [2.24, 2.45) is 0 Å². The molecule has 2 amide bonds. The summed E-state index contributed by atoms with van der Waals surface area (Å²) in [5, 5.41) is 5.65. The van der Waals surface area contributed by atoms with Crippen LogP contribution in [-0.2, 0) is 11.2 Å². The lowest BCUT2D eigenvalue weighted by atomic mass is 10.1. The van der Waals surface area contributed by atoms with Crippen molar-refractivity contribution in [2.45, 2.75) is 47.1 Å². The van der Waals surface area contributed by atoms with Crippen LogP contribution >= 0.6 is 0 Å². The van der Waals surface area contributed by atoms with Crippen LogP contribution in [0.3, 0.4) is 0 Å². The van der Waals surface area contributed by atoms with Crippen LogP contribution in [0, 0.1) is 13.8 Å². The zero-order valence-electron chi connectivity index (χ0n) is 15.8. The first-order chi connectivity index (χ1) is 12.2. The molecule has 0 unspecified atom stereocenters. The number of amides is 2. The van der Waals surface area contributed by atoms with Gasteiger partial charge in [-0.05, 0) is 57.9 Å². The number of carbonyl (C=O) groups is 3. The highest BCUT2D eigenvalue weighted by molar-refractivity contribution is 6.07. The van der Waals surface area contributed by atoms with Crippen molar-refractivity contribution in [1.29, 1.82) is 0 Å². The Morgan fingerprint density at radius 1 is 1.08 bits per heavy atom. The lowest BCUT2D eigenvalue weighted by molar-refractivity contribution is -0.120. The average molecular weight is 355 g/mol. The summed E-state index contributed by atoms with van der Waals surface area (Å²) < 4.78 is 0. The molecule has 26 heavy (non-hydrogen) atoms. The molecule has 6 heteroatoms. The van der Waals surface area contributed by atoms with E-state index in [9.17, 15) is 14.4 Å². The number of hydrogen-bond donors (Lipinski definition) is 3. The maximum Gasteiger partial charge on any atom is 0.272 e. The molecule has 0 spiro atoms. The highest BCUT2D eigenvalue weighted by Gasteiger charge is 2.19. The predicted octanol–water partition coefficient (Wildman–Crippen LogP) is 3.15. The van der Waals surface area contributed by atoms with Crippen molar-refractivity contribution in [2.75, 3.05) is 5.32 Å². The highest BCUT2D eigenvalue weighted by atomic mass is 16.2. The third kappa shape index (κ3) is 4.59. The number of hydrogen-bond acceptors (Lipinski definition) is 3. The standard InChI is InChI=1S/C20H25N3O3/c1-11(2)21-17(25)10-15-6-8-16(9-7-15)23-20(26)19-12(3)18(14(5)24)13(4)22-19/h6-9,11,22H,10H2,1-5H3,(H,21,25)(H,23,26). The molecular weight excluding hydrogens is 330 g/mol. The van der Waals surface area contributed by atoms with E-state index in [0.29, 0.717) is 34.6 Å². The number of aromatic nitrogens is 1. The molecule has 0 atom stereocenters. The summed E-state index contributed by atoms with van der Waals surface area (Å²) in [4.78, 5) is 38.9. The number of benzene rings is 1. The van der Waals surface area contributed by atoms with Crippen LogP contribution < -0.4 is 10.6 Å². The smallest absolute Gasteiger partial charge is 0.272 e. The summed E-state index contributed by atoms with van der Waals surface area (Å²) in [5.74, 6) is -0.409. The minimum atomic E-state index is -0.302. The molecule has 3 N–H and O–H groups in total. The molecule has 1 aromatic carbocycles. The molecule has 0 saturated heterocycles. The third-order valence-corrected chi connectivity index (χ3v) is 4.04. The Hall–Kier alpha value is -2.89. The van der Waals surface area contributed by atoms with Gasteiger partial charge >= 0.3 is 0 Å². The van der Waals surface area contributed by atoms with E-state index in [0.717, 1.165) is 5.56 Å². The van der Waals surface area contributed by atoms with Gasteiger partial charge in [-0.15, -0.1) is 0 Å². The fourth-order valence-electron chi connectivity index (χ4n) is 2.96. The van der Waals surface area contributed by atoms with E-state index in [1.807, 2.05) is 26.0 Å². The zero-order valence-corrected chi connectivity index (χ0v) is 15.8. The molecular formula is C20H25N3O3. The van der Waals surface area contributed by atoms with Gasteiger partial charge in [-0.2, -0.15) is 0 Å². The van der Waals surface area contributed by atoms with Crippen molar-refractivity contribution < 1.29 is 14.4 Å². The van der Waals surface area contributed by atoms with Crippen LogP contribution in [0.2, 0.25) is 0 Å². The number of aromatic amines is 1. The molecule has 138 valence electrons. The average Bonchev–Trinajstić information content (AvgIpc) is 2.83. The van der Waals surface area contributed by atoms with Gasteiger partial charge in [0.1, 0.15) is 5.69 Å². The molecule has 1 aromatic heterocycles. The second-order valence-corrected chi connectivity index (χ2v) is 6.73. The maximum absolute atomic E-state index is 12.5. The summed E-state index contributed by atoms with van der Waals surface area (Å²) in [6.07, 6.45) is 0.295. The fourth-order valence-corrected chi connectivity index (χ4v) is 2.96. The minimum Gasteiger partial charge on any atom is -0.354 e. The predicted molar refractivity (Wildman–Crippen MR) is 102 cm³/mol. The summed E-state index contributed by atoms with van der Waals surface area (Å²) >= 11 is 0. The van der Waals surface area contributed by atoms with Crippen LogP contribution in [-0.4, -0.2) is 28.6 Å². The number of H-pyrrole nitrogens is 1. The quantitative estimate of drug-likeness (QED) is 0.695. The van der Waals surface area contributed by atoms with Gasteiger partial charge in [0.2, 0.25) is 5.91 Å². The molecule has 0 aliphatic heterocycles. The van der Waals surface area contributed by atoms with Gasteiger partial charge < -0.3 is 15.6 Å². The zero-order chi connectivity index (χ0) is 19.4. The molecule has 0 aliphatic carbocycles. The third-order valence-electron chi connectivity index (χ3n) is 4.04. The van der Waals surface area contributed by atoms with Crippen molar-refractivity contribution in [3.05, 3.63) is 52.3 Å². The second-order valence-electron chi connectivity index (χ2n) is 6.73. The number of nitrogens with one attached hydrogen (secondary N) is 3. The van der Waals surface area contributed by atoms with Crippen molar-refractivity contribution >= 4 is 23.3 Å². The number of aryl methyl sites for hydroxylation is 1. The number of ketones is 1. The molecule has 2 rings (SSSR count). The number of Topliss-reactive ketones (excluding diaryl/α,β-unsaturated/α-hetero) is 1. The van der Waals surface area contributed by atoms with Crippen LogP contribution in [0.15, 0.2) is 24.3 Å². The Morgan fingerprint density at radius 2 is 1.69 bits per heavy atom. The van der Waals surface area contributed by atoms with E-state index in [4.69, 9.17) is 0 Å². The summed E-state index contributed by atoms with van der Waals surface area (Å²) in [6, 6.07) is 7.24. The topological polar surface area (TPSA) is 91.1 Å². The van der Waals surface area contributed by atoms with Crippen molar-refractivity contribution in [1.82, 2.24) is 10.3 Å². The van der Waals surface area contributed by atoms with E-state index in [-0.39, 0.29) is 23.6 Å². The van der Waals surface area contributed by atoms with Gasteiger partial charge in [-0.25, -0.2) is 0 Å². The molecule has 6 nitrogen and oxygen atoms in total. The molecule has 2 aromatic rings. The Kier molecular flexibility index (Phi) is 5.97. The van der Waals surface area contributed by atoms with E-state index in [2.05, 4.69) is 15.6 Å². The van der Waals surface area contributed by atoms with Crippen LogP contribution in [0.1, 0.15) is 58.4 Å². The van der Waals surface area contributed by atoms with Crippen LogP contribution in [0.4, 0.5) is 5.69 Å². The Balaban J connectivity index is 2.07. The SMILES string of the molecule is CC(=O)c1c(C)[nH]c(C(=O)Nc2ccc(CC(=O)NC(C)C)cc2)c1C. The molecule has 0 fully saturated rings. The lowest BCUT2D eigenvalue weighted by Gasteiger charge is -2.09. The van der Waals surface area contributed by atoms with E-state index >= 15 is 0 Å². The van der Waals surface area contributed by atoms with Gasteiger partial charge in [0, 0.05) is 23.0 Å². The largest absolute Gasteiger partial charge is 0.354 e. The maximum atomic E-state index is 12.5. The number of carbonyl (C=O) groups excluding carboxylic acids is 3. The summed E-state index contributed by atoms with van der Waals surface area (Å²) in [6.45, 7) is 8.85. The normalized spacial score (nSPS) is 10.7. The van der Waals surface area contributed by atoms with E-state index in [1.165, 1.54) is 6.92 Å². The minimum absolute atomic E-state index is 0.0361. The van der Waals surface area contributed by atoms with Gasteiger partial charge in [0.05, 0.1) is 6.42 Å². The van der Waals surface area contributed by atoms with Gasteiger partial charge in [-0.3, -0.25) is 14.4 Å². The molecule has 0 saturated carbocycles. The first-order valence-corrected chi connectivity index (χ1v) is 8.58. The molecule has 0 radical (unpaired) electrons.